The number of aromatic nitrogens is 2. The predicted molar refractivity (Wildman–Crippen MR) is 114 cm³/mol. The molecule has 30 heavy (non-hydrogen) atoms. The molecule has 0 atom stereocenters. The lowest BCUT2D eigenvalue weighted by Gasteiger charge is -2.23. The highest BCUT2D eigenvalue weighted by Crippen LogP contribution is 2.30. The van der Waals surface area contributed by atoms with Crippen LogP contribution in [0.1, 0.15) is 69.8 Å². The summed E-state index contributed by atoms with van der Waals surface area (Å²) in [5, 5.41) is 6.84. The number of amides is 1. The summed E-state index contributed by atoms with van der Waals surface area (Å²) in [5.41, 5.74) is 2.90. The minimum Gasteiger partial charge on any atom is -0.489 e. The first-order valence-corrected chi connectivity index (χ1v) is 10.7. The Balaban J connectivity index is 1.67. The van der Waals surface area contributed by atoms with Crippen LogP contribution in [0, 0.1) is 19.3 Å². The number of hydrogen-bond acceptors (Lipinski definition) is 6. The van der Waals surface area contributed by atoms with Crippen LogP contribution >= 0.6 is 0 Å². The van der Waals surface area contributed by atoms with Crippen LogP contribution in [0.5, 0.6) is 5.75 Å². The lowest BCUT2D eigenvalue weighted by molar-refractivity contribution is 0.106. The van der Waals surface area contributed by atoms with Crippen LogP contribution in [0.4, 0.5) is 4.79 Å². The number of ether oxygens (including phenoxy) is 2. The van der Waals surface area contributed by atoms with Crippen molar-refractivity contribution in [1.82, 2.24) is 15.5 Å². The predicted octanol–water partition coefficient (Wildman–Crippen LogP) is 5.34. The first kappa shape index (κ1) is 22.1. The van der Waals surface area contributed by atoms with Gasteiger partial charge in [0.25, 0.3) is 0 Å². The van der Waals surface area contributed by atoms with Crippen molar-refractivity contribution in [3.63, 3.8) is 0 Å². The highest BCUT2D eigenvalue weighted by Gasteiger charge is 2.20. The third kappa shape index (κ3) is 5.97. The van der Waals surface area contributed by atoms with Crippen LogP contribution in [-0.4, -0.2) is 28.9 Å². The summed E-state index contributed by atoms with van der Waals surface area (Å²) >= 11 is 0. The number of carbonyl (C=O) groups is 1. The third-order valence-corrected chi connectivity index (χ3v) is 5.15. The van der Waals surface area contributed by atoms with E-state index in [-0.39, 0.29) is 18.1 Å². The van der Waals surface area contributed by atoms with E-state index in [4.69, 9.17) is 14.0 Å². The number of pyridine rings is 1. The Morgan fingerprint density at radius 2 is 1.90 bits per heavy atom. The largest absolute Gasteiger partial charge is 0.489 e. The van der Waals surface area contributed by atoms with E-state index >= 15 is 0 Å². The molecular weight excluding hydrogens is 382 g/mol. The third-order valence-electron chi connectivity index (χ3n) is 5.15. The molecule has 164 valence electrons. The second kappa shape index (κ2) is 9.49. The molecule has 1 N–H and O–H groups in total. The minimum absolute atomic E-state index is 0.0848. The minimum atomic E-state index is -0.461. The standard InChI is InChI=1S/C23H33N3O4/c1-15-18(13-24-22(27)28-14-23(3,4)5)21(30-26-15)19-11-12-20(16(2)25-19)29-17-9-7-6-8-10-17/h11-12,17H,6-10,13-14H2,1-5H3,(H,24,27). The van der Waals surface area contributed by atoms with Gasteiger partial charge in [-0.05, 0) is 57.1 Å². The van der Waals surface area contributed by atoms with Gasteiger partial charge in [0.1, 0.15) is 11.4 Å². The highest BCUT2D eigenvalue weighted by molar-refractivity contribution is 5.68. The van der Waals surface area contributed by atoms with Crippen LogP contribution in [-0.2, 0) is 11.3 Å². The molecular formula is C23H33N3O4. The Morgan fingerprint density at radius 1 is 1.17 bits per heavy atom. The number of carbonyl (C=O) groups excluding carboxylic acids is 1. The van der Waals surface area contributed by atoms with E-state index in [2.05, 4.69) is 15.5 Å². The molecule has 2 aromatic heterocycles. The Kier molecular flexibility index (Phi) is 7.00. The van der Waals surface area contributed by atoms with Crippen molar-refractivity contribution in [3.8, 4) is 17.2 Å². The summed E-state index contributed by atoms with van der Waals surface area (Å²) in [6, 6.07) is 3.82. The molecule has 1 saturated carbocycles. The highest BCUT2D eigenvalue weighted by atomic mass is 16.5. The van der Waals surface area contributed by atoms with Gasteiger partial charge in [0.05, 0.1) is 30.6 Å². The summed E-state index contributed by atoms with van der Waals surface area (Å²) < 4.78 is 17.0. The Labute approximate surface area is 178 Å². The summed E-state index contributed by atoms with van der Waals surface area (Å²) in [6.45, 7) is 10.4. The molecule has 7 heteroatoms. The molecule has 0 spiro atoms. The van der Waals surface area contributed by atoms with Gasteiger partial charge in [0, 0.05) is 5.56 Å². The molecule has 0 aromatic carbocycles. The molecule has 0 unspecified atom stereocenters. The molecule has 2 aromatic rings. The van der Waals surface area contributed by atoms with Gasteiger partial charge in [-0.1, -0.05) is 32.3 Å². The fourth-order valence-electron chi connectivity index (χ4n) is 3.45. The van der Waals surface area contributed by atoms with Crippen LogP contribution in [0.2, 0.25) is 0 Å². The van der Waals surface area contributed by atoms with Crippen molar-refractivity contribution in [1.29, 1.82) is 0 Å². The molecule has 7 nitrogen and oxygen atoms in total. The van der Waals surface area contributed by atoms with Crippen molar-refractivity contribution < 1.29 is 18.8 Å². The lowest BCUT2D eigenvalue weighted by atomic mass is 9.98. The number of hydrogen-bond donors (Lipinski definition) is 1. The number of alkyl carbamates (subject to hydrolysis) is 1. The Bertz CT molecular complexity index is 864. The van der Waals surface area contributed by atoms with Gasteiger partial charge in [-0.25, -0.2) is 9.78 Å². The van der Waals surface area contributed by atoms with Gasteiger partial charge in [0.15, 0.2) is 5.76 Å². The van der Waals surface area contributed by atoms with Crippen molar-refractivity contribution in [3.05, 3.63) is 29.1 Å². The fourth-order valence-corrected chi connectivity index (χ4v) is 3.45. The molecule has 0 saturated heterocycles. The molecule has 0 bridgehead atoms. The van der Waals surface area contributed by atoms with E-state index in [1.165, 1.54) is 19.3 Å². The number of aryl methyl sites for hydroxylation is 2. The van der Waals surface area contributed by atoms with Crippen LogP contribution in [0.3, 0.4) is 0 Å². The molecule has 0 aliphatic heterocycles. The first-order chi connectivity index (χ1) is 14.2. The van der Waals surface area contributed by atoms with Gasteiger partial charge in [-0.3, -0.25) is 0 Å². The van der Waals surface area contributed by atoms with Gasteiger partial charge >= 0.3 is 6.09 Å². The Hall–Kier alpha value is -2.57. The monoisotopic (exact) mass is 415 g/mol. The summed E-state index contributed by atoms with van der Waals surface area (Å²) in [5.74, 6) is 1.36. The topological polar surface area (TPSA) is 86.5 Å². The summed E-state index contributed by atoms with van der Waals surface area (Å²) in [4.78, 5) is 16.7. The van der Waals surface area contributed by atoms with E-state index in [1.54, 1.807) is 0 Å². The fraction of sp³-hybridized carbons (Fsp3) is 0.609. The first-order valence-electron chi connectivity index (χ1n) is 10.7. The molecule has 1 amide bonds. The van der Waals surface area contributed by atoms with Crippen LogP contribution < -0.4 is 10.1 Å². The summed E-state index contributed by atoms with van der Waals surface area (Å²) in [6.07, 6.45) is 5.75. The van der Waals surface area contributed by atoms with Gasteiger partial charge in [-0.2, -0.15) is 0 Å². The number of rotatable bonds is 6. The normalized spacial score (nSPS) is 15.1. The van der Waals surface area contributed by atoms with E-state index in [0.717, 1.165) is 29.8 Å². The maximum Gasteiger partial charge on any atom is 0.407 e. The van der Waals surface area contributed by atoms with E-state index in [1.807, 2.05) is 46.8 Å². The van der Waals surface area contributed by atoms with Crippen LogP contribution in [0.15, 0.2) is 16.7 Å². The smallest absolute Gasteiger partial charge is 0.407 e. The molecule has 2 heterocycles. The van der Waals surface area contributed by atoms with Crippen molar-refractivity contribution in [2.24, 2.45) is 5.41 Å². The lowest BCUT2D eigenvalue weighted by Crippen LogP contribution is -2.28. The quantitative estimate of drug-likeness (QED) is 0.685. The van der Waals surface area contributed by atoms with E-state index < -0.39 is 6.09 Å². The molecule has 3 rings (SSSR count). The molecule has 0 radical (unpaired) electrons. The number of nitrogens with zero attached hydrogens (tertiary/aromatic N) is 2. The van der Waals surface area contributed by atoms with Crippen LogP contribution in [0.25, 0.3) is 11.5 Å². The van der Waals surface area contributed by atoms with Crippen molar-refractivity contribution in [2.45, 2.75) is 79.4 Å². The summed E-state index contributed by atoms with van der Waals surface area (Å²) in [7, 11) is 0. The number of nitrogens with one attached hydrogen (secondary N) is 1. The maximum absolute atomic E-state index is 12.0. The van der Waals surface area contributed by atoms with Crippen molar-refractivity contribution in [2.75, 3.05) is 6.61 Å². The Morgan fingerprint density at radius 3 is 2.57 bits per heavy atom. The molecule has 1 aliphatic rings. The zero-order valence-corrected chi connectivity index (χ0v) is 18.7. The second-order valence-electron chi connectivity index (χ2n) is 9.22. The maximum atomic E-state index is 12.0. The average Bonchev–Trinajstić information content (AvgIpc) is 3.07. The SMILES string of the molecule is Cc1nc(-c2onc(C)c2CNC(=O)OCC(C)(C)C)ccc1OC1CCCCC1. The van der Waals surface area contributed by atoms with Gasteiger partial charge < -0.3 is 19.3 Å². The zero-order valence-electron chi connectivity index (χ0n) is 18.7. The molecule has 1 aliphatic carbocycles. The zero-order chi connectivity index (χ0) is 21.7. The van der Waals surface area contributed by atoms with Crippen molar-refractivity contribution >= 4 is 6.09 Å². The van der Waals surface area contributed by atoms with E-state index in [0.29, 0.717) is 23.8 Å². The second-order valence-corrected chi connectivity index (χ2v) is 9.22. The average molecular weight is 416 g/mol. The van der Waals surface area contributed by atoms with Gasteiger partial charge in [0.2, 0.25) is 0 Å². The van der Waals surface area contributed by atoms with Gasteiger partial charge in [-0.15, -0.1) is 0 Å². The molecule has 1 fully saturated rings. The van der Waals surface area contributed by atoms with E-state index in [9.17, 15) is 4.79 Å².